The number of carbonyl (C=O) groups is 1. The molecule has 0 bridgehead atoms. The number of allylic oxidation sites excluding steroid dienone is 2. The Morgan fingerprint density at radius 3 is 1.44 bits per heavy atom. The summed E-state index contributed by atoms with van der Waals surface area (Å²) in [5.41, 5.74) is 6.71. The summed E-state index contributed by atoms with van der Waals surface area (Å²) in [6, 6.07) is 16.8. The lowest BCUT2D eigenvalue weighted by atomic mass is 9.68. The first-order chi connectivity index (χ1) is 12.7. The molecule has 0 amide bonds. The summed E-state index contributed by atoms with van der Waals surface area (Å²) >= 11 is 0. The van der Waals surface area contributed by atoms with Gasteiger partial charge in [0.2, 0.25) is 0 Å². The van der Waals surface area contributed by atoms with Gasteiger partial charge in [-0.1, -0.05) is 80.4 Å². The fraction of sp³-hybridized carbons (Fsp3) is 0.346. The summed E-state index contributed by atoms with van der Waals surface area (Å²) in [6.45, 7) is 11.0. The molecule has 1 fully saturated rings. The number of Topliss-reactive ketones (excluding diaryl/α,β-unsaturated/α-hetero) is 1. The summed E-state index contributed by atoms with van der Waals surface area (Å²) in [4.78, 5) is 13.2. The van der Waals surface area contributed by atoms with Crippen LogP contribution in [-0.4, -0.2) is 5.78 Å². The molecule has 140 valence electrons. The van der Waals surface area contributed by atoms with Crippen LogP contribution >= 0.6 is 0 Å². The fourth-order valence-electron chi connectivity index (χ4n) is 3.58. The van der Waals surface area contributed by atoms with Gasteiger partial charge < -0.3 is 0 Å². The van der Waals surface area contributed by atoms with Crippen LogP contribution in [0.3, 0.4) is 0 Å². The maximum absolute atomic E-state index is 13.2. The third-order valence-electron chi connectivity index (χ3n) is 5.58. The maximum Gasteiger partial charge on any atom is 0.185 e. The van der Waals surface area contributed by atoms with Crippen molar-refractivity contribution in [3.63, 3.8) is 0 Å². The highest BCUT2D eigenvalue weighted by Crippen LogP contribution is 2.41. The van der Waals surface area contributed by atoms with Gasteiger partial charge in [-0.2, -0.15) is 0 Å². The Kier molecular flexibility index (Phi) is 5.51. The van der Waals surface area contributed by atoms with E-state index in [1.807, 2.05) is 0 Å². The van der Waals surface area contributed by atoms with Gasteiger partial charge in [-0.05, 0) is 61.3 Å². The molecule has 1 aliphatic rings. The summed E-state index contributed by atoms with van der Waals surface area (Å²) in [5, 5.41) is 0. The van der Waals surface area contributed by atoms with Crippen LogP contribution in [0.4, 0.5) is 0 Å². The molecule has 0 heterocycles. The van der Waals surface area contributed by atoms with Gasteiger partial charge in [0, 0.05) is 11.1 Å². The molecule has 0 saturated heterocycles. The van der Waals surface area contributed by atoms with Crippen LogP contribution in [0.5, 0.6) is 0 Å². The van der Waals surface area contributed by atoms with E-state index in [4.69, 9.17) is 0 Å². The lowest BCUT2D eigenvalue weighted by Crippen LogP contribution is -2.29. The van der Waals surface area contributed by atoms with Crippen LogP contribution in [0.1, 0.15) is 55.9 Å². The van der Waals surface area contributed by atoms with Crippen molar-refractivity contribution in [1.29, 1.82) is 0 Å². The molecule has 1 nitrogen and oxygen atoms in total. The Hall–Kier alpha value is -2.41. The van der Waals surface area contributed by atoms with Gasteiger partial charge in [-0.15, -0.1) is 0 Å². The highest BCUT2D eigenvalue weighted by Gasteiger charge is 2.34. The lowest BCUT2D eigenvalue weighted by Gasteiger charge is -2.35. The smallest absolute Gasteiger partial charge is 0.185 e. The van der Waals surface area contributed by atoms with Gasteiger partial charge >= 0.3 is 0 Å². The van der Waals surface area contributed by atoms with Gasteiger partial charge in [-0.25, -0.2) is 0 Å². The highest BCUT2D eigenvalue weighted by atomic mass is 16.1. The number of aryl methyl sites for hydroxylation is 2. The zero-order valence-electron chi connectivity index (χ0n) is 17.2. The molecule has 1 atom stereocenters. The standard InChI is InChI=1S/C26H30O/c1-18-6-10-20(11-7-18)14-22-16-24(26(3,4)5)17-23(25(22)27)15-21-12-8-19(2)9-13-21/h6-15,24H,16-17H2,1-5H3/b22-14-,23-15+. The minimum Gasteiger partial charge on any atom is -0.289 e. The predicted octanol–water partition coefficient (Wildman–Crippen LogP) is 6.80. The van der Waals surface area contributed by atoms with Crippen LogP contribution in [0.25, 0.3) is 12.2 Å². The van der Waals surface area contributed by atoms with E-state index in [-0.39, 0.29) is 11.2 Å². The normalized spacial score (nSPS) is 21.1. The first-order valence-corrected chi connectivity index (χ1v) is 9.81. The van der Waals surface area contributed by atoms with E-state index in [0.29, 0.717) is 5.92 Å². The van der Waals surface area contributed by atoms with Crippen molar-refractivity contribution in [2.45, 2.75) is 47.5 Å². The SMILES string of the molecule is Cc1ccc(/C=C2/CC(C(C)(C)C)C/C(=C\c3ccc(C)cc3)C2=O)cc1. The van der Waals surface area contributed by atoms with E-state index in [1.165, 1.54) is 11.1 Å². The van der Waals surface area contributed by atoms with Crippen LogP contribution in [-0.2, 0) is 4.79 Å². The molecule has 3 rings (SSSR count). The van der Waals surface area contributed by atoms with E-state index in [2.05, 4.69) is 95.3 Å². The molecule has 0 radical (unpaired) electrons. The number of benzene rings is 2. The first kappa shape index (κ1) is 19.4. The second-order valence-corrected chi connectivity index (χ2v) is 8.96. The average Bonchev–Trinajstić information content (AvgIpc) is 2.61. The van der Waals surface area contributed by atoms with Gasteiger partial charge in [0.25, 0.3) is 0 Å². The fourth-order valence-corrected chi connectivity index (χ4v) is 3.58. The molecule has 1 heteroatoms. The average molecular weight is 359 g/mol. The Labute approximate surface area is 163 Å². The van der Waals surface area contributed by atoms with Gasteiger partial charge in [-0.3, -0.25) is 4.79 Å². The number of ketones is 1. The van der Waals surface area contributed by atoms with Gasteiger partial charge in [0.15, 0.2) is 5.78 Å². The van der Waals surface area contributed by atoms with Crippen molar-refractivity contribution in [3.05, 3.63) is 81.9 Å². The maximum atomic E-state index is 13.2. The van der Waals surface area contributed by atoms with E-state index >= 15 is 0 Å². The number of hydrogen-bond acceptors (Lipinski definition) is 1. The summed E-state index contributed by atoms with van der Waals surface area (Å²) in [7, 11) is 0. The van der Waals surface area contributed by atoms with Crippen molar-refractivity contribution in [2.75, 3.05) is 0 Å². The quantitative estimate of drug-likeness (QED) is 0.540. The largest absolute Gasteiger partial charge is 0.289 e. The molecule has 1 aliphatic carbocycles. The molecule has 0 spiro atoms. The van der Waals surface area contributed by atoms with Crippen molar-refractivity contribution in [3.8, 4) is 0 Å². The van der Waals surface area contributed by atoms with Crippen molar-refractivity contribution >= 4 is 17.9 Å². The summed E-state index contributed by atoms with van der Waals surface area (Å²) in [5.74, 6) is 0.667. The van der Waals surface area contributed by atoms with Gasteiger partial charge in [0.05, 0.1) is 0 Å². The molecule has 0 aliphatic heterocycles. The third kappa shape index (κ3) is 4.86. The number of rotatable bonds is 2. The molecule has 2 aromatic rings. The van der Waals surface area contributed by atoms with Crippen molar-refractivity contribution in [1.82, 2.24) is 0 Å². The molecular formula is C26H30O. The topological polar surface area (TPSA) is 17.1 Å². The summed E-state index contributed by atoms with van der Waals surface area (Å²) in [6.07, 6.45) is 5.87. The van der Waals surface area contributed by atoms with Crippen LogP contribution in [0.15, 0.2) is 59.7 Å². The van der Waals surface area contributed by atoms with Gasteiger partial charge in [0.1, 0.15) is 0 Å². The zero-order valence-corrected chi connectivity index (χ0v) is 17.2. The molecule has 2 aromatic carbocycles. The molecule has 1 unspecified atom stereocenters. The van der Waals surface area contributed by atoms with E-state index in [0.717, 1.165) is 35.1 Å². The highest BCUT2D eigenvalue weighted by molar-refractivity contribution is 6.14. The van der Waals surface area contributed by atoms with E-state index in [9.17, 15) is 4.79 Å². The molecular weight excluding hydrogens is 328 g/mol. The third-order valence-corrected chi connectivity index (χ3v) is 5.58. The van der Waals surface area contributed by atoms with Crippen LogP contribution < -0.4 is 0 Å². The van der Waals surface area contributed by atoms with Crippen LogP contribution in [0, 0.1) is 25.2 Å². The van der Waals surface area contributed by atoms with Crippen LogP contribution in [0.2, 0.25) is 0 Å². The van der Waals surface area contributed by atoms with Crippen molar-refractivity contribution < 1.29 is 4.79 Å². The minimum absolute atomic E-state index is 0.166. The summed E-state index contributed by atoms with van der Waals surface area (Å²) < 4.78 is 0. The monoisotopic (exact) mass is 358 g/mol. The molecule has 1 saturated carbocycles. The second-order valence-electron chi connectivity index (χ2n) is 8.96. The van der Waals surface area contributed by atoms with Crippen molar-refractivity contribution in [2.24, 2.45) is 11.3 Å². The lowest BCUT2D eigenvalue weighted by molar-refractivity contribution is -0.113. The Balaban J connectivity index is 1.99. The Bertz CT molecular complexity index is 804. The Morgan fingerprint density at radius 1 is 0.741 bits per heavy atom. The molecule has 0 N–H and O–H groups in total. The number of carbonyl (C=O) groups excluding carboxylic acids is 1. The predicted molar refractivity (Wildman–Crippen MR) is 115 cm³/mol. The molecule has 0 aromatic heterocycles. The zero-order chi connectivity index (χ0) is 19.6. The van der Waals surface area contributed by atoms with E-state index < -0.39 is 0 Å². The van der Waals surface area contributed by atoms with E-state index in [1.54, 1.807) is 0 Å². The molecule has 27 heavy (non-hydrogen) atoms. The second kappa shape index (κ2) is 7.68. The first-order valence-electron chi connectivity index (χ1n) is 9.81. The Morgan fingerprint density at radius 2 is 1.11 bits per heavy atom. The number of hydrogen-bond donors (Lipinski definition) is 0. The minimum atomic E-state index is 0.166.